The van der Waals surface area contributed by atoms with Crippen molar-refractivity contribution in [3.8, 4) is 0 Å². The summed E-state index contributed by atoms with van der Waals surface area (Å²) in [5.41, 5.74) is 0. The molecule has 4 saturated heterocycles. The van der Waals surface area contributed by atoms with Gasteiger partial charge < -0.3 is 15.5 Å². The van der Waals surface area contributed by atoms with E-state index in [1.165, 1.54) is 25.9 Å². The molecule has 4 aliphatic rings. The number of nitrogens with zero attached hydrogens (tertiary/aromatic N) is 1. The summed E-state index contributed by atoms with van der Waals surface area (Å²) in [5.74, 6) is 1.23. The van der Waals surface area contributed by atoms with E-state index in [-0.39, 0.29) is 11.8 Å². The molecule has 2 atom stereocenters. The molecule has 0 spiro atoms. The number of piperidine rings is 4. The highest BCUT2D eigenvalue weighted by Crippen LogP contribution is 2.27. The Balaban J connectivity index is 1.54. The van der Waals surface area contributed by atoms with Crippen LogP contribution in [0.15, 0.2) is 0 Å². The minimum atomic E-state index is 0.208. The molecule has 0 aromatic heterocycles. The molecule has 4 heterocycles. The molecule has 4 heteroatoms. The molecule has 0 aromatic carbocycles. The largest absolute Gasteiger partial charge is 0.352 e. The van der Waals surface area contributed by atoms with E-state index in [1.807, 2.05) is 0 Å². The molecule has 0 aliphatic carbocycles. The molecule has 0 aromatic rings. The van der Waals surface area contributed by atoms with Crippen LogP contribution < -0.4 is 10.6 Å². The maximum atomic E-state index is 12.2. The van der Waals surface area contributed by atoms with E-state index >= 15 is 0 Å². The Morgan fingerprint density at radius 3 is 2.65 bits per heavy atom. The second-order valence-corrected chi connectivity index (χ2v) is 5.80. The molecule has 2 unspecified atom stereocenters. The maximum absolute atomic E-state index is 12.2. The first kappa shape index (κ1) is 11.5. The number of carbonyl (C=O) groups is 1. The van der Waals surface area contributed by atoms with Crippen molar-refractivity contribution in [3.05, 3.63) is 0 Å². The third-order valence-electron chi connectivity index (χ3n) is 4.65. The Labute approximate surface area is 103 Å². The summed E-state index contributed by atoms with van der Waals surface area (Å²) < 4.78 is 0. The average Bonchev–Trinajstić information content (AvgIpc) is 2.41. The normalized spacial score (nSPS) is 41.2. The summed E-state index contributed by atoms with van der Waals surface area (Å²) in [7, 11) is 0. The van der Waals surface area contributed by atoms with Gasteiger partial charge in [-0.2, -0.15) is 0 Å². The van der Waals surface area contributed by atoms with Gasteiger partial charge in [-0.3, -0.25) is 4.79 Å². The van der Waals surface area contributed by atoms with Crippen LogP contribution in [-0.2, 0) is 4.79 Å². The number of hydrogen-bond acceptors (Lipinski definition) is 3. The van der Waals surface area contributed by atoms with Crippen molar-refractivity contribution >= 4 is 5.91 Å². The van der Waals surface area contributed by atoms with Crippen LogP contribution in [-0.4, -0.2) is 49.6 Å². The first-order valence-corrected chi connectivity index (χ1v) is 7.06. The Bertz CT molecular complexity index is 280. The van der Waals surface area contributed by atoms with E-state index < -0.39 is 0 Å². The number of hydrogen-bond donors (Lipinski definition) is 2. The third kappa shape index (κ3) is 2.47. The van der Waals surface area contributed by atoms with Crippen molar-refractivity contribution in [2.75, 3.05) is 32.7 Å². The lowest BCUT2D eigenvalue weighted by molar-refractivity contribution is -0.127. The lowest BCUT2D eigenvalue weighted by Gasteiger charge is -2.45. The monoisotopic (exact) mass is 237 g/mol. The molecule has 4 rings (SSSR count). The summed E-state index contributed by atoms with van der Waals surface area (Å²) >= 11 is 0. The van der Waals surface area contributed by atoms with Crippen LogP contribution in [0.5, 0.6) is 0 Å². The number of fused-ring (bicyclic) bond motifs is 3. The van der Waals surface area contributed by atoms with Crippen molar-refractivity contribution in [2.24, 2.45) is 11.8 Å². The van der Waals surface area contributed by atoms with Crippen molar-refractivity contribution in [1.29, 1.82) is 0 Å². The number of nitrogens with one attached hydrogen (secondary N) is 2. The zero-order valence-corrected chi connectivity index (χ0v) is 10.5. The number of carbonyl (C=O) groups excluding carboxylic acids is 1. The highest BCUT2D eigenvalue weighted by Gasteiger charge is 2.35. The zero-order chi connectivity index (χ0) is 11.7. The van der Waals surface area contributed by atoms with Gasteiger partial charge in [-0.15, -0.1) is 0 Å². The lowest BCUT2D eigenvalue weighted by Crippen LogP contribution is -2.58. The van der Waals surface area contributed by atoms with Crippen LogP contribution in [0.2, 0.25) is 0 Å². The van der Waals surface area contributed by atoms with E-state index in [4.69, 9.17) is 0 Å². The zero-order valence-electron chi connectivity index (χ0n) is 10.5. The van der Waals surface area contributed by atoms with Gasteiger partial charge in [-0.05, 0) is 51.2 Å². The molecule has 17 heavy (non-hydrogen) atoms. The molecule has 1 amide bonds. The second kappa shape index (κ2) is 4.94. The van der Waals surface area contributed by atoms with Gasteiger partial charge in [0.05, 0.1) is 5.92 Å². The minimum Gasteiger partial charge on any atom is -0.352 e. The second-order valence-electron chi connectivity index (χ2n) is 5.80. The molecule has 96 valence electrons. The van der Waals surface area contributed by atoms with E-state index in [0.717, 1.165) is 38.4 Å². The lowest BCUT2D eigenvalue weighted by atomic mass is 9.83. The van der Waals surface area contributed by atoms with Crippen molar-refractivity contribution in [2.45, 2.75) is 31.7 Å². The van der Waals surface area contributed by atoms with Crippen molar-refractivity contribution in [3.63, 3.8) is 0 Å². The van der Waals surface area contributed by atoms with E-state index in [2.05, 4.69) is 15.5 Å². The fourth-order valence-electron chi connectivity index (χ4n) is 3.50. The molecular weight excluding hydrogens is 214 g/mol. The fourth-order valence-corrected chi connectivity index (χ4v) is 3.50. The molecule has 2 N–H and O–H groups in total. The van der Waals surface area contributed by atoms with Crippen LogP contribution in [0.25, 0.3) is 0 Å². The van der Waals surface area contributed by atoms with Gasteiger partial charge in [0.2, 0.25) is 5.91 Å². The summed E-state index contributed by atoms with van der Waals surface area (Å²) in [6.45, 7) is 5.50. The Hall–Kier alpha value is -0.610. The summed E-state index contributed by atoms with van der Waals surface area (Å²) in [6, 6.07) is 0.423. The number of amides is 1. The van der Waals surface area contributed by atoms with Crippen molar-refractivity contribution in [1.82, 2.24) is 15.5 Å². The van der Waals surface area contributed by atoms with E-state index in [9.17, 15) is 4.79 Å². The SMILES string of the molecule is O=C(NC1CN2CCC1CC2)C1CCCNC1. The molecular formula is C13H23N3O. The molecule has 2 bridgehead atoms. The fraction of sp³-hybridized carbons (Fsp3) is 0.923. The van der Waals surface area contributed by atoms with Crippen LogP contribution in [0.4, 0.5) is 0 Å². The average molecular weight is 237 g/mol. The smallest absolute Gasteiger partial charge is 0.224 e. The summed E-state index contributed by atoms with van der Waals surface area (Å²) in [6.07, 6.45) is 4.74. The Kier molecular flexibility index (Phi) is 3.34. The first-order chi connectivity index (χ1) is 8.33. The van der Waals surface area contributed by atoms with Gasteiger partial charge in [-0.1, -0.05) is 0 Å². The van der Waals surface area contributed by atoms with Gasteiger partial charge in [0.1, 0.15) is 0 Å². The minimum absolute atomic E-state index is 0.208. The highest BCUT2D eigenvalue weighted by molar-refractivity contribution is 5.79. The topological polar surface area (TPSA) is 44.4 Å². The first-order valence-electron chi connectivity index (χ1n) is 7.06. The van der Waals surface area contributed by atoms with Gasteiger partial charge in [0, 0.05) is 19.1 Å². The van der Waals surface area contributed by atoms with Gasteiger partial charge >= 0.3 is 0 Å². The quantitative estimate of drug-likeness (QED) is 0.721. The molecule has 4 aliphatic heterocycles. The van der Waals surface area contributed by atoms with E-state index in [0.29, 0.717) is 6.04 Å². The van der Waals surface area contributed by atoms with Gasteiger partial charge in [0.15, 0.2) is 0 Å². The van der Waals surface area contributed by atoms with Crippen LogP contribution in [0, 0.1) is 11.8 Å². The summed E-state index contributed by atoms with van der Waals surface area (Å²) in [5, 5.41) is 6.62. The van der Waals surface area contributed by atoms with Crippen molar-refractivity contribution < 1.29 is 4.79 Å². The summed E-state index contributed by atoms with van der Waals surface area (Å²) in [4.78, 5) is 14.7. The Morgan fingerprint density at radius 2 is 2.06 bits per heavy atom. The Morgan fingerprint density at radius 1 is 1.24 bits per heavy atom. The molecule has 4 nitrogen and oxygen atoms in total. The van der Waals surface area contributed by atoms with Crippen LogP contribution in [0.3, 0.4) is 0 Å². The number of rotatable bonds is 2. The maximum Gasteiger partial charge on any atom is 0.224 e. The molecule has 4 fully saturated rings. The van der Waals surface area contributed by atoms with E-state index in [1.54, 1.807) is 0 Å². The standard InChI is InChI=1S/C13H23N3O/c17-13(11-2-1-5-14-8-11)15-12-9-16-6-3-10(12)4-7-16/h10-12,14H,1-9H2,(H,15,17). The molecule has 0 radical (unpaired) electrons. The van der Waals surface area contributed by atoms with Gasteiger partial charge in [-0.25, -0.2) is 0 Å². The van der Waals surface area contributed by atoms with Crippen LogP contribution >= 0.6 is 0 Å². The highest BCUT2D eigenvalue weighted by atomic mass is 16.2. The molecule has 0 saturated carbocycles. The third-order valence-corrected chi connectivity index (χ3v) is 4.65. The van der Waals surface area contributed by atoms with Gasteiger partial charge in [0.25, 0.3) is 0 Å². The predicted molar refractivity (Wildman–Crippen MR) is 66.7 cm³/mol. The predicted octanol–water partition coefficient (Wildman–Crippen LogP) is 0.196. The van der Waals surface area contributed by atoms with Crippen LogP contribution in [0.1, 0.15) is 25.7 Å².